The van der Waals surface area contributed by atoms with E-state index in [-0.39, 0.29) is 57.2 Å². The standard InChI is InChI=1S/C45H61N3O9/c1-5-9-27-53-44(52)48(23-6-2)40-30-38(47-55-31-32-17-11-10-12-18-32)36-28-33(19-13-15-24-49)35(20-14-16-25-50)41-37-29-34(56-43(51)46-8-4)21-22-39(37)57-45(40,42(36)41)54-26-7-3/h5,7,10-12,17-18,21-22,28-29,33,35,40-42,49-50H,1,3,6,8-9,13-16,19-20,23-27,30-31H2,2,4H3,(H,46,51)/t33-,35+,40-,41+,42+,45+/m0/s1. The van der Waals surface area contributed by atoms with Crippen LogP contribution in [0.3, 0.4) is 0 Å². The van der Waals surface area contributed by atoms with Gasteiger partial charge >= 0.3 is 12.2 Å². The lowest BCUT2D eigenvalue weighted by molar-refractivity contribution is -0.255. The van der Waals surface area contributed by atoms with Crippen LogP contribution in [0.25, 0.3) is 0 Å². The number of benzene rings is 2. The number of carbonyl (C=O) groups is 2. The SMILES string of the molecule is C=CCCOC(=O)N(CCC)[C@H]1CC(=NOCc2ccccc2)C2=C[C@H](CCCCO)[C@@H](CCCCO)[C@@H]3c4cc(OC(=O)NCC)ccc4O[C@@]1(OCC=C)[C@H]23. The summed E-state index contributed by atoms with van der Waals surface area (Å²) >= 11 is 0. The molecule has 57 heavy (non-hydrogen) atoms. The summed E-state index contributed by atoms with van der Waals surface area (Å²) in [6.07, 6.45) is 10.5. The van der Waals surface area contributed by atoms with Crippen LogP contribution in [0.15, 0.2) is 90.6 Å². The molecule has 12 heteroatoms. The summed E-state index contributed by atoms with van der Waals surface area (Å²) in [7, 11) is 0. The van der Waals surface area contributed by atoms with E-state index in [2.05, 4.69) is 24.6 Å². The Morgan fingerprint density at radius 2 is 1.81 bits per heavy atom. The molecule has 1 aliphatic heterocycles. The van der Waals surface area contributed by atoms with Crippen LogP contribution < -0.4 is 14.8 Å². The Hall–Kier alpha value is -4.65. The van der Waals surface area contributed by atoms with E-state index >= 15 is 0 Å². The van der Waals surface area contributed by atoms with Gasteiger partial charge in [-0.2, -0.15) is 0 Å². The van der Waals surface area contributed by atoms with E-state index in [1.807, 2.05) is 56.3 Å². The molecule has 0 aromatic heterocycles. The van der Waals surface area contributed by atoms with Crippen molar-refractivity contribution in [1.82, 2.24) is 10.2 Å². The van der Waals surface area contributed by atoms with Crippen LogP contribution in [-0.2, 0) is 20.9 Å². The van der Waals surface area contributed by atoms with Gasteiger partial charge < -0.3 is 39.3 Å². The van der Waals surface area contributed by atoms with E-state index < -0.39 is 29.9 Å². The molecule has 2 aromatic rings. The highest BCUT2D eigenvalue weighted by molar-refractivity contribution is 6.03. The van der Waals surface area contributed by atoms with Gasteiger partial charge in [0.05, 0.1) is 24.8 Å². The average molecular weight is 788 g/mol. The lowest BCUT2D eigenvalue weighted by atomic mass is 9.55. The van der Waals surface area contributed by atoms with Crippen LogP contribution in [-0.4, -0.2) is 84.4 Å². The quantitative estimate of drug-likeness (QED) is 0.0613. The highest BCUT2D eigenvalue weighted by Gasteiger charge is 2.65. The number of amides is 2. The van der Waals surface area contributed by atoms with E-state index in [1.165, 1.54) is 0 Å². The molecular weight excluding hydrogens is 727 g/mol. The highest BCUT2D eigenvalue weighted by Crippen LogP contribution is 2.62. The van der Waals surface area contributed by atoms with Gasteiger partial charge in [-0.3, -0.25) is 4.90 Å². The summed E-state index contributed by atoms with van der Waals surface area (Å²) in [5.74, 6) is -1.19. The number of carbonyl (C=O) groups excluding carboxylic acids is 2. The summed E-state index contributed by atoms with van der Waals surface area (Å²) in [5, 5.41) is 27.3. The molecular formula is C45H61N3O9. The largest absolute Gasteiger partial charge is 0.459 e. The molecule has 2 aromatic carbocycles. The van der Waals surface area contributed by atoms with E-state index in [0.717, 1.165) is 42.4 Å². The summed E-state index contributed by atoms with van der Waals surface area (Å²) < 4.78 is 25.8. The van der Waals surface area contributed by atoms with E-state index in [9.17, 15) is 19.8 Å². The number of oxime groups is 1. The van der Waals surface area contributed by atoms with E-state index in [0.29, 0.717) is 56.0 Å². The summed E-state index contributed by atoms with van der Waals surface area (Å²) in [6, 6.07) is 14.5. The lowest BCUT2D eigenvalue weighted by Crippen LogP contribution is -2.70. The molecule has 1 heterocycles. The Bertz CT molecular complexity index is 1700. The Morgan fingerprint density at radius 1 is 1.04 bits per heavy atom. The zero-order valence-corrected chi connectivity index (χ0v) is 33.6. The van der Waals surface area contributed by atoms with Crippen molar-refractivity contribution in [3.05, 3.63) is 96.6 Å². The monoisotopic (exact) mass is 787 g/mol. The normalized spacial score (nSPS) is 23.9. The Balaban J connectivity index is 1.76. The first-order valence-electron chi connectivity index (χ1n) is 20.6. The molecule has 1 saturated carbocycles. The zero-order chi connectivity index (χ0) is 40.6. The maximum absolute atomic E-state index is 14.2. The van der Waals surface area contributed by atoms with Gasteiger partial charge in [0.2, 0.25) is 5.79 Å². The highest BCUT2D eigenvalue weighted by atomic mass is 16.7. The number of nitrogens with zero attached hydrogens (tertiary/aromatic N) is 2. The zero-order valence-electron chi connectivity index (χ0n) is 33.6. The number of rotatable bonds is 22. The number of aliphatic hydroxyl groups is 2. The van der Waals surface area contributed by atoms with Crippen molar-refractivity contribution in [2.45, 2.75) is 96.0 Å². The molecule has 12 nitrogen and oxygen atoms in total. The first kappa shape index (κ1) is 43.5. The van der Waals surface area contributed by atoms with Gasteiger partial charge in [-0.05, 0) is 86.6 Å². The molecule has 2 amide bonds. The molecule has 310 valence electrons. The van der Waals surface area contributed by atoms with Gasteiger partial charge in [0.25, 0.3) is 0 Å². The fourth-order valence-corrected chi connectivity index (χ4v) is 8.69. The third kappa shape index (κ3) is 10.5. The molecule has 0 spiro atoms. The van der Waals surface area contributed by atoms with E-state index in [1.54, 1.807) is 23.1 Å². The number of unbranched alkanes of at least 4 members (excludes halogenated alkanes) is 2. The molecule has 3 N–H and O–H groups in total. The van der Waals surface area contributed by atoms with Crippen molar-refractivity contribution in [3.8, 4) is 11.5 Å². The van der Waals surface area contributed by atoms with Gasteiger partial charge in [0, 0.05) is 44.2 Å². The van der Waals surface area contributed by atoms with Crippen LogP contribution >= 0.6 is 0 Å². The number of fused-ring (bicyclic) bond motifs is 2. The van der Waals surface area contributed by atoms with Crippen molar-refractivity contribution >= 4 is 17.9 Å². The van der Waals surface area contributed by atoms with Crippen LogP contribution in [0.2, 0.25) is 0 Å². The van der Waals surface area contributed by atoms with Gasteiger partial charge in [-0.15, -0.1) is 13.2 Å². The van der Waals surface area contributed by atoms with Crippen molar-refractivity contribution in [2.75, 3.05) is 39.5 Å². The predicted octanol–water partition coefficient (Wildman–Crippen LogP) is 8.05. The maximum atomic E-state index is 14.2. The second-order valence-electron chi connectivity index (χ2n) is 14.8. The minimum absolute atomic E-state index is 0.0162. The van der Waals surface area contributed by atoms with Crippen LogP contribution in [0.4, 0.5) is 9.59 Å². The Kier molecular flexibility index (Phi) is 16.6. The minimum atomic E-state index is -1.42. The number of aliphatic hydroxyl groups excluding tert-OH is 2. The van der Waals surface area contributed by atoms with Crippen LogP contribution in [0, 0.1) is 17.8 Å². The first-order chi connectivity index (χ1) is 27.8. The van der Waals surface area contributed by atoms with Gasteiger partial charge in [0.1, 0.15) is 24.1 Å². The average Bonchev–Trinajstić information content (AvgIpc) is 3.21. The second kappa shape index (κ2) is 21.8. The van der Waals surface area contributed by atoms with Crippen molar-refractivity contribution < 1.29 is 43.6 Å². The Morgan fingerprint density at radius 3 is 2.51 bits per heavy atom. The molecule has 0 saturated heterocycles. The van der Waals surface area contributed by atoms with Gasteiger partial charge in [-0.25, -0.2) is 9.59 Å². The van der Waals surface area contributed by atoms with Crippen molar-refractivity contribution in [1.29, 1.82) is 0 Å². The fourth-order valence-electron chi connectivity index (χ4n) is 8.69. The van der Waals surface area contributed by atoms with Crippen molar-refractivity contribution in [3.63, 3.8) is 0 Å². The fraction of sp³-hybridized carbons (Fsp3) is 0.533. The van der Waals surface area contributed by atoms with Gasteiger partial charge in [-0.1, -0.05) is 73.5 Å². The minimum Gasteiger partial charge on any atom is -0.459 e. The number of hydrogen-bond donors (Lipinski definition) is 3. The number of allylic oxidation sites excluding steroid dienone is 1. The van der Waals surface area contributed by atoms with Crippen molar-refractivity contribution in [2.24, 2.45) is 22.9 Å². The lowest BCUT2D eigenvalue weighted by Gasteiger charge is -2.59. The topological polar surface area (TPSA) is 148 Å². The molecule has 5 rings (SSSR count). The molecule has 0 bridgehead atoms. The summed E-state index contributed by atoms with van der Waals surface area (Å²) in [6.45, 7) is 13.1. The molecule has 0 radical (unpaired) electrons. The summed E-state index contributed by atoms with van der Waals surface area (Å²) in [5.41, 5.74) is 3.42. The molecule has 0 unspecified atom stereocenters. The first-order valence-corrected chi connectivity index (χ1v) is 20.6. The number of hydrogen-bond acceptors (Lipinski definition) is 10. The molecule has 3 aliphatic rings. The number of nitrogens with one attached hydrogen (secondary N) is 1. The summed E-state index contributed by atoms with van der Waals surface area (Å²) in [4.78, 5) is 34.7. The predicted molar refractivity (Wildman–Crippen MR) is 219 cm³/mol. The van der Waals surface area contributed by atoms with Gasteiger partial charge in [0.15, 0.2) is 0 Å². The maximum Gasteiger partial charge on any atom is 0.412 e. The van der Waals surface area contributed by atoms with Crippen LogP contribution in [0.1, 0.15) is 88.7 Å². The third-order valence-electron chi connectivity index (χ3n) is 11.0. The van der Waals surface area contributed by atoms with E-state index in [4.69, 9.17) is 28.9 Å². The molecule has 6 atom stereocenters. The molecule has 1 fully saturated rings. The smallest absolute Gasteiger partial charge is 0.412 e. The van der Waals surface area contributed by atoms with Crippen LogP contribution in [0.5, 0.6) is 11.5 Å². The molecule has 2 aliphatic carbocycles. The number of ether oxygens (including phenoxy) is 4. The Labute approximate surface area is 337 Å². The second-order valence-corrected chi connectivity index (χ2v) is 14.8. The third-order valence-corrected chi connectivity index (χ3v) is 11.0.